The van der Waals surface area contributed by atoms with Crippen molar-refractivity contribution in [2.24, 2.45) is 0 Å². The number of ether oxygens (including phenoxy) is 1. The van der Waals surface area contributed by atoms with Crippen LogP contribution in [-0.2, 0) is 11.3 Å². The zero-order valence-electron chi connectivity index (χ0n) is 11.5. The second-order valence-electron chi connectivity index (χ2n) is 5.03. The number of morpholine rings is 1. The van der Waals surface area contributed by atoms with Gasteiger partial charge in [-0.25, -0.2) is 0 Å². The average Bonchev–Trinajstić information content (AvgIpc) is 2.49. The van der Waals surface area contributed by atoms with Crippen molar-refractivity contribution < 1.29 is 4.74 Å². The van der Waals surface area contributed by atoms with Crippen molar-refractivity contribution in [3.05, 3.63) is 38.3 Å². The van der Waals surface area contributed by atoms with Gasteiger partial charge in [0.1, 0.15) is 0 Å². The van der Waals surface area contributed by atoms with Gasteiger partial charge in [-0.1, -0.05) is 11.6 Å². The molecule has 2 heterocycles. The van der Waals surface area contributed by atoms with Crippen LogP contribution in [0.5, 0.6) is 0 Å². The number of benzene rings is 1. The molecule has 1 aliphatic heterocycles. The van der Waals surface area contributed by atoms with E-state index in [9.17, 15) is 4.79 Å². The maximum absolute atomic E-state index is 12.5. The van der Waals surface area contributed by atoms with Crippen LogP contribution < -0.4 is 5.56 Å². The van der Waals surface area contributed by atoms with Crippen molar-refractivity contribution >= 4 is 34.7 Å². The van der Waals surface area contributed by atoms with E-state index in [0.29, 0.717) is 21.7 Å². The molecule has 1 N–H and O–H groups in total. The Balaban J connectivity index is 1.90. The van der Waals surface area contributed by atoms with Crippen molar-refractivity contribution in [2.45, 2.75) is 6.54 Å². The van der Waals surface area contributed by atoms with Crippen LogP contribution in [0.4, 0.5) is 0 Å². The summed E-state index contributed by atoms with van der Waals surface area (Å²) in [6.07, 6.45) is 0. The lowest BCUT2D eigenvalue weighted by Gasteiger charge is -2.26. The molecule has 2 aromatic rings. The molecule has 1 aromatic carbocycles. The molecule has 112 valence electrons. The van der Waals surface area contributed by atoms with E-state index < -0.39 is 0 Å². The van der Waals surface area contributed by atoms with Crippen molar-refractivity contribution in [2.75, 3.05) is 32.8 Å². The lowest BCUT2D eigenvalue weighted by atomic mass is 10.2. The monoisotopic (exact) mass is 325 g/mol. The Morgan fingerprint density at radius 2 is 2.05 bits per heavy atom. The fourth-order valence-corrected chi connectivity index (χ4v) is 2.95. The van der Waals surface area contributed by atoms with E-state index in [-0.39, 0.29) is 5.56 Å². The highest BCUT2D eigenvalue weighted by molar-refractivity contribution is 7.71. The molecular formula is C14H16ClN3O2S. The molecule has 0 amide bonds. The van der Waals surface area contributed by atoms with Gasteiger partial charge in [0.15, 0.2) is 4.77 Å². The molecule has 3 rings (SSSR count). The SMILES string of the molecule is O=c1c2cc(Cl)ccc2[nH]c(=S)n1CCN1CCOCC1. The summed E-state index contributed by atoms with van der Waals surface area (Å²) in [5, 5.41) is 1.11. The predicted octanol–water partition coefficient (Wildman–Crippen LogP) is 2.04. The summed E-state index contributed by atoms with van der Waals surface area (Å²) in [6.45, 7) is 4.63. The fraction of sp³-hybridized carbons (Fsp3) is 0.429. The Morgan fingerprint density at radius 3 is 2.81 bits per heavy atom. The lowest BCUT2D eigenvalue weighted by Crippen LogP contribution is -2.39. The van der Waals surface area contributed by atoms with Gasteiger partial charge in [-0.05, 0) is 30.4 Å². The molecule has 0 bridgehead atoms. The van der Waals surface area contributed by atoms with Gasteiger partial charge in [0.2, 0.25) is 0 Å². The van der Waals surface area contributed by atoms with E-state index in [1.165, 1.54) is 0 Å². The molecule has 0 unspecified atom stereocenters. The quantitative estimate of drug-likeness (QED) is 0.878. The smallest absolute Gasteiger partial charge is 0.262 e. The molecule has 0 aliphatic carbocycles. The van der Waals surface area contributed by atoms with Crippen LogP contribution in [-0.4, -0.2) is 47.3 Å². The lowest BCUT2D eigenvalue weighted by molar-refractivity contribution is 0.0362. The second-order valence-corrected chi connectivity index (χ2v) is 5.85. The number of nitrogens with one attached hydrogen (secondary N) is 1. The molecule has 0 saturated carbocycles. The summed E-state index contributed by atoms with van der Waals surface area (Å²) in [7, 11) is 0. The third-order valence-corrected chi connectivity index (χ3v) is 4.25. The molecule has 0 atom stereocenters. The van der Waals surface area contributed by atoms with E-state index >= 15 is 0 Å². The number of aromatic nitrogens is 2. The van der Waals surface area contributed by atoms with Crippen LogP contribution in [0.2, 0.25) is 5.02 Å². The van der Waals surface area contributed by atoms with Gasteiger partial charge in [-0.15, -0.1) is 0 Å². The first kappa shape index (κ1) is 14.7. The van der Waals surface area contributed by atoms with Gasteiger partial charge in [0.05, 0.1) is 24.1 Å². The van der Waals surface area contributed by atoms with Crippen molar-refractivity contribution in [3.63, 3.8) is 0 Å². The number of nitrogens with zero attached hydrogens (tertiary/aromatic N) is 2. The normalized spacial score (nSPS) is 16.4. The Labute approximate surface area is 132 Å². The van der Waals surface area contributed by atoms with E-state index in [0.717, 1.165) is 38.4 Å². The molecule has 5 nitrogen and oxygen atoms in total. The van der Waals surface area contributed by atoms with Crippen LogP contribution in [0.1, 0.15) is 0 Å². The maximum atomic E-state index is 12.5. The highest BCUT2D eigenvalue weighted by Crippen LogP contribution is 2.14. The van der Waals surface area contributed by atoms with Gasteiger partial charge in [0, 0.05) is 31.2 Å². The first-order valence-electron chi connectivity index (χ1n) is 6.87. The summed E-state index contributed by atoms with van der Waals surface area (Å²) in [5.41, 5.74) is 0.626. The number of halogens is 1. The molecule has 0 spiro atoms. The largest absolute Gasteiger partial charge is 0.379 e. The van der Waals surface area contributed by atoms with Gasteiger partial charge in [0.25, 0.3) is 5.56 Å². The Hall–Kier alpha value is -1.21. The highest BCUT2D eigenvalue weighted by atomic mass is 35.5. The predicted molar refractivity (Wildman–Crippen MR) is 85.7 cm³/mol. The molecule has 1 aromatic heterocycles. The maximum Gasteiger partial charge on any atom is 0.262 e. The Bertz CT molecular complexity index is 765. The second kappa shape index (κ2) is 6.27. The minimum absolute atomic E-state index is 0.0930. The van der Waals surface area contributed by atoms with E-state index in [2.05, 4.69) is 9.88 Å². The molecule has 21 heavy (non-hydrogen) atoms. The molecule has 7 heteroatoms. The minimum Gasteiger partial charge on any atom is -0.379 e. The summed E-state index contributed by atoms with van der Waals surface area (Å²) in [6, 6.07) is 5.20. The van der Waals surface area contributed by atoms with Crippen LogP contribution in [0.3, 0.4) is 0 Å². The molecule has 0 radical (unpaired) electrons. The van der Waals surface area contributed by atoms with Crippen LogP contribution in [0.25, 0.3) is 10.9 Å². The van der Waals surface area contributed by atoms with Gasteiger partial charge in [-0.3, -0.25) is 14.3 Å². The number of hydrogen-bond acceptors (Lipinski definition) is 4. The van der Waals surface area contributed by atoms with Gasteiger partial charge >= 0.3 is 0 Å². The van der Waals surface area contributed by atoms with E-state index in [1.807, 2.05) is 0 Å². The summed E-state index contributed by atoms with van der Waals surface area (Å²) >= 11 is 11.3. The van der Waals surface area contributed by atoms with E-state index in [4.69, 9.17) is 28.6 Å². The number of fused-ring (bicyclic) bond motifs is 1. The van der Waals surface area contributed by atoms with E-state index in [1.54, 1.807) is 22.8 Å². The van der Waals surface area contributed by atoms with Gasteiger partial charge in [-0.2, -0.15) is 0 Å². The zero-order valence-corrected chi connectivity index (χ0v) is 13.0. The standard InChI is InChI=1S/C14H16ClN3O2S/c15-10-1-2-12-11(9-10)13(19)18(14(21)16-12)4-3-17-5-7-20-8-6-17/h1-2,9H,3-8H2,(H,16,21). The Kier molecular flexibility index (Phi) is 4.40. The van der Waals surface area contributed by atoms with Crippen LogP contribution in [0, 0.1) is 4.77 Å². The Morgan fingerprint density at radius 1 is 1.29 bits per heavy atom. The van der Waals surface area contributed by atoms with Crippen LogP contribution in [0.15, 0.2) is 23.0 Å². The zero-order chi connectivity index (χ0) is 14.8. The summed E-state index contributed by atoms with van der Waals surface area (Å²) in [5.74, 6) is 0. The summed E-state index contributed by atoms with van der Waals surface area (Å²) in [4.78, 5) is 17.9. The van der Waals surface area contributed by atoms with Gasteiger partial charge < -0.3 is 9.72 Å². The third-order valence-electron chi connectivity index (χ3n) is 3.69. The number of H-pyrrole nitrogens is 1. The molecule has 1 fully saturated rings. The van der Waals surface area contributed by atoms with Crippen molar-refractivity contribution in [3.8, 4) is 0 Å². The molecule has 1 aliphatic rings. The number of aromatic amines is 1. The third kappa shape index (κ3) is 3.18. The first-order valence-corrected chi connectivity index (χ1v) is 7.66. The highest BCUT2D eigenvalue weighted by Gasteiger charge is 2.12. The topological polar surface area (TPSA) is 50.3 Å². The molecular weight excluding hydrogens is 310 g/mol. The van der Waals surface area contributed by atoms with Crippen LogP contribution >= 0.6 is 23.8 Å². The number of rotatable bonds is 3. The van der Waals surface area contributed by atoms with Crippen molar-refractivity contribution in [1.82, 2.24) is 14.5 Å². The molecule has 1 saturated heterocycles. The number of hydrogen-bond donors (Lipinski definition) is 1. The first-order chi connectivity index (χ1) is 10.1. The fourth-order valence-electron chi connectivity index (χ4n) is 2.49. The average molecular weight is 326 g/mol. The summed E-state index contributed by atoms with van der Waals surface area (Å²) < 4.78 is 7.37. The minimum atomic E-state index is -0.0930. The van der Waals surface area contributed by atoms with Crippen molar-refractivity contribution in [1.29, 1.82) is 0 Å².